The molecular formula is C18H18FNO2. The Kier molecular flexibility index (Phi) is 5.31. The van der Waals surface area contributed by atoms with Crippen LogP contribution in [0.15, 0.2) is 48.5 Å². The van der Waals surface area contributed by atoms with Gasteiger partial charge in [0.25, 0.3) is 0 Å². The lowest BCUT2D eigenvalue weighted by Crippen LogP contribution is -2.09. The molecule has 0 aliphatic carbocycles. The van der Waals surface area contributed by atoms with Gasteiger partial charge in [0.15, 0.2) is 11.6 Å². The Bertz CT molecular complexity index is 695. The summed E-state index contributed by atoms with van der Waals surface area (Å²) >= 11 is 0. The van der Waals surface area contributed by atoms with E-state index in [2.05, 4.69) is 5.32 Å². The first kappa shape index (κ1) is 15.8. The maximum Gasteiger partial charge on any atom is 0.248 e. The van der Waals surface area contributed by atoms with E-state index in [0.717, 1.165) is 17.7 Å². The molecule has 2 aromatic rings. The van der Waals surface area contributed by atoms with Crippen LogP contribution in [-0.4, -0.2) is 13.0 Å². The number of hydrogen-bond donors (Lipinski definition) is 1. The van der Waals surface area contributed by atoms with Crippen molar-refractivity contribution >= 4 is 17.7 Å². The van der Waals surface area contributed by atoms with Crippen molar-refractivity contribution < 1.29 is 13.9 Å². The van der Waals surface area contributed by atoms with E-state index in [0.29, 0.717) is 5.56 Å². The maximum absolute atomic E-state index is 13.6. The molecule has 0 spiro atoms. The number of rotatable bonds is 5. The summed E-state index contributed by atoms with van der Waals surface area (Å²) in [6, 6.07) is 12.2. The van der Waals surface area contributed by atoms with E-state index in [1.165, 1.54) is 25.3 Å². The number of methoxy groups -OCH3 is 1. The van der Waals surface area contributed by atoms with Crippen molar-refractivity contribution in [3.63, 3.8) is 0 Å². The molecule has 0 radical (unpaired) electrons. The molecular weight excluding hydrogens is 281 g/mol. The lowest BCUT2D eigenvalue weighted by Gasteiger charge is -2.07. The summed E-state index contributed by atoms with van der Waals surface area (Å²) in [6.07, 6.45) is 3.78. The van der Waals surface area contributed by atoms with Crippen molar-refractivity contribution in [2.45, 2.75) is 13.3 Å². The molecule has 0 atom stereocenters. The van der Waals surface area contributed by atoms with Gasteiger partial charge in [0.1, 0.15) is 0 Å². The molecule has 0 saturated heterocycles. The Labute approximate surface area is 129 Å². The highest BCUT2D eigenvalue weighted by atomic mass is 19.1. The lowest BCUT2D eigenvalue weighted by atomic mass is 10.1. The molecule has 0 aliphatic rings. The second-order valence-electron chi connectivity index (χ2n) is 4.73. The van der Waals surface area contributed by atoms with Gasteiger partial charge < -0.3 is 10.1 Å². The van der Waals surface area contributed by atoms with Crippen molar-refractivity contribution in [2.75, 3.05) is 12.4 Å². The smallest absolute Gasteiger partial charge is 0.248 e. The van der Waals surface area contributed by atoms with Crippen LogP contribution in [0.5, 0.6) is 5.75 Å². The number of para-hydroxylation sites is 1. The first-order valence-corrected chi connectivity index (χ1v) is 7.04. The van der Waals surface area contributed by atoms with Crippen molar-refractivity contribution in [1.29, 1.82) is 0 Å². The lowest BCUT2D eigenvalue weighted by molar-refractivity contribution is -0.111. The Hall–Kier alpha value is -2.62. The fraction of sp³-hybridized carbons (Fsp3) is 0.167. The van der Waals surface area contributed by atoms with Crippen LogP contribution in [0.2, 0.25) is 0 Å². The van der Waals surface area contributed by atoms with Gasteiger partial charge in [-0.1, -0.05) is 31.2 Å². The second kappa shape index (κ2) is 7.41. The van der Waals surface area contributed by atoms with Crippen LogP contribution in [0, 0.1) is 5.82 Å². The number of halogens is 1. The topological polar surface area (TPSA) is 38.3 Å². The third-order valence-corrected chi connectivity index (χ3v) is 3.26. The van der Waals surface area contributed by atoms with E-state index in [-0.39, 0.29) is 11.7 Å². The predicted molar refractivity (Wildman–Crippen MR) is 86.4 cm³/mol. The Morgan fingerprint density at radius 1 is 1.27 bits per heavy atom. The van der Waals surface area contributed by atoms with Gasteiger partial charge in [0.2, 0.25) is 5.91 Å². The molecule has 0 aromatic heterocycles. The SMILES string of the molecule is CCc1ccccc1NC(=O)/C=C/c1ccc(OC)c(F)c1. The molecule has 0 heterocycles. The average Bonchev–Trinajstić information content (AvgIpc) is 2.53. The van der Waals surface area contributed by atoms with Gasteiger partial charge in [-0.25, -0.2) is 4.39 Å². The Balaban J connectivity index is 2.07. The summed E-state index contributed by atoms with van der Waals surface area (Å²) in [7, 11) is 1.41. The minimum absolute atomic E-state index is 0.179. The van der Waals surface area contributed by atoms with Crippen molar-refractivity contribution in [2.24, 2.45) is 0 Å². The molecule has 22 heavy (non-hydrogen) atoms. The quantitative estimate of drug-likeness (QED) is 0.846. The Morgan fingerprint density at radius 3 is 2.73 bits per heavy atom. The van der Waals surface area contributed by atoms with Crippen LogP contribution < -0.4 is 10.1 Å². The number of nitrogens with one attached hydrogen (secondary N) is 1. The fourth-order valence-corrected chi connectivity index (χ4v) is 2.08. The van der Waals surface area contributed by atoms with Crippen molar-refractivity contribution in [1.82, 2.24) is 0 Å². The predicted octanol–water partition coefficient (Wildman–Crippen LogP) is 4.05. The van der Waals surface area contributed by atoms with Crippen molar-refractivity contribution in [3.8, 4) is 5.75 Å². The minimum atomic E-state index is -0.457. The molecule has 1 N–H and O–H groups in total. The Morgan fingerprint density at radius 2 is 2.05 bits per heavy atom. The zero-order valence-electron chi connectivity index (χ0n) is 12.6. The van der Waals surface area contributed by atoms with E-state index in [1.807, 2.05) is 31.2 Å². The van der Waals surface area contributed by atoms with Crippen LogP contribution in [0.3, 0.4) is 0 Å². The van der Waals surface area contributed by atoms with E-state index < -0.39 is 5.82 Å². The standard InChI is InChI=1S/C18H18FNO2/c1-3-14-6-4-5-7-16(14)20-18(21)11-9-13-8-10-17(22-2)15(19)12-13/h4-12H,3H2,1-2H3,(H,20,21)/b11-9+. The fourth-order valence-electron chi connectivity index (χ4n) is 2.08. The molecule has 114 valence electrons. The summed E-state index contributed by atoms with van der Waals surface area (Å²) in [4.78, 5) is 11.9. The third kappa shape index (κ3) is 3.95. The molecule has 2 aromatic carbocycles. The highest BCUT2D eigenvalue weighted by Crippen LogP contribution is 2.19. The van der Waals surface area contributed by atoms with Gasteiger partial charge in [0.05, 0.1) is 7.11 Å². The summed E-state index contributed by atoms with van der Waals surface area (Å²) in [5.74, 6) is -0.531. The summed E-state index contributed by atoms with van der Waals surface area (Å²) < 4.78 is 18.4. The number of carbonyl (C=O) groups excluding carboxylic acids is 1. The minimum Gasteiger partial charge on any atom is -0.494 e. The van der Waals surface area contributed by atoms with Crippen LogP contribution >= 0.6 is 0 Å². The van der Waals surface area contributed by atoms with Crippen LogP contribution in [0.1, 0.15) is 18.1 Å². The second-order valence-corrected chi connectivity index (χ2v) is 4.73. The normalized spacial score (nSPS) is 10.7. The van der Waals surface area contributed by atoms with Crippen LogP contribution in [0.4, 0.5) is 10.1 Å². The first-order valence-electron chi connectivity index (χ1n) is 7.04. The molecule has 3 nitrogen and oxygen atoms in total. The van der Waals surface area contributed by atoms with Gasteiger partial charge in [0, 0.05) is 11.8 Å². The van der Waals surface area contributed by atoms with Gasteiger partial charge in [-0.15, -0.1) is 0 Å². The first-order chi connectivity index (χ1) is 10.6. The molecule has 0 fully saturated rings. The van der Waals surface area contributed by atoms with E-state index in [1.54, 1.807) is 12.1 Å². The molecule has 2 rings (SSSR count). The van der Waals surface area contributed by atoms with E-state index >= 15 is 0 Å². The van der Waals surface area contributed by atoms with Gasteiger partial charge in [-0.05, 0) is 41.8 Å². The molecule has 0 aliphatic heterocycles. The van der Waals surface area contributed by atoms with Crippen LogP contribution in [0.25, 0.3) is 6.08 Å². The largest absolute Gasteiger partial charge is 0.494 e. The maximum atomic E-state index is 13.6. The average molecular weight is 299 g/mol. The number of hydrogen-bond acceptors (Lipinski definition) is 2. The third-order valence-electron chi connectivity index (χ3n) is 3.26. The highest BCUT2D eigenvalue weighted by molar-refractivity contribution is 6.02. The summed E-state index contributed by atoms with van der Waals surface area (Å²) in [6.45, 7) is 2.03. The van der Waals surface area contributed by atoms with Crippen LogP contribution in [-0.2, 0) is 11.2 Å². The van der Waals surface area contributed by atoms with Gasteiger partial charge in [-0.3, -0.25) is 4.79 Å². The number of anilines is 1. The van der Waals surface area contributed by atoms with Crippen molar-refractivity contribution in [3.05, 3.63) is 65.5 Å². The summed E-state index contributed by atoms with van der Waals surface area (Å²) in [5.41, 5.74) is 2.46. The van der Waals surface area contributed by atoms with Gasteiger partial charge >= 0.3 is 0 Å². The van der Waals surface area contributed by atoms with Gasteiger partial charge in [-0.2, -0.15) is 0 Å². The van der Waals surface area contributed by atoms with E-state index in [9.17, 15) is 9.18 Å². The number of ether oxygens (including phenoxy) is 1. The zero-order valence-corrected chi connectivity index (χ0v) is 12.6. The molecule has 0 saturated carbocycles. The molecule has 0 unspecified atom stereocenters. The molecule has 1 amide bonds. The molecule has 0 bridgehead atoms. The highest BCUT2D eigenvalue weighted by Gasteiger charge is 2.04. The summed E-state index contributed by atoms with van der Waals surface area (Å²) in [5, 5.41) is 2.82. The number of benzene rings is 2. The number of amides is 1. The van der Waals surface area contributed by atoms with E-state index in [4.69, 9.17) is 4.74 Å². The monoisotopic (exact) mass is 299 g/mol. The molecule has 4 heteroatoms. The number of carbonyl (C=O) groups is 1. The zero-order chi connectivity index (χ0) is 15.9. The number of aryl methyl sites for hydroxylation is 1.